The molecule has 0 fully saturated rings. The number of benzene rings is 2. The lowest BCUT2D eigenvalue weighted by Crippen LogP contribution is -2.04. The third kappa shape index (κ3) is 4.36. The average molecular weight is 388 g/mol. The molecular weight excluding hydrogens is 368 g/mol. The van der Waals surface area contributed by atoms with Crippen molar-refractivity contribution in [1.82, 2.24) is 4.57 Å². The maximum absolute atomic E-state index is 11.8. The van der Waals surface area contributed by atoms with Gasteiger partial charge in [-0.2, -0.15) is 5.26 Å². The fourth-order valence-electron chi connectivity index (χ4n) is 2.98. The van der Waals surface area contributed by atoms with Crippen molar-refractivity contribution in [3.8, 4) is 11.8 Å². The number of hydrogen-bond donors (Lipinski definition) is 0. The van der Waals surface area contributed by atoms with E-state index in [0.29, 0.717) is 24.3 Å². The van der Waals surface area contributed by atoms with Gasteiger partial charge in [-0.1, -0.05) is 6.07 Å². The predicted octanol–water partition coefficient (Wildman–Crippen LogP) is 4.26. The lowest BCUT2D eigenvalue weighted by molar-refractivity contribution is -0.137. The van der Waals surface area contributed by atoms with Crippen molar-refractivity contribution in [2.75, 3.05) is 13.2 Å². The van der Waals surface area contributed by atoms with Gasteiger partial charge in [-0.05, 0) is 61.9 Å². The summed E-state index contributed by atoms with van der Waals surface area (Å²) in [5.41, 5.74) is 3.44. The minimum atomic E-state index is -0.410. The second-order valence-corrected chi connectivity index (χ2v) is 6.15. The summed E-state index contributed by atoms with van der Waals surface area (Å²) in [6.07, 6.45) is 4.77. The Labute approximate surface area is 168 Å². The fraction of sp³-hybridized carbons (Fsp3) is 0.174. The zero-order valence-corrected chi connectivity index (χ0v) is 16.2. The number of ether oxygens (including phenoxy) is 2. The molecule has 1 aromatic heterocycles. The molecule has 0 amide bonds. The first-order valence-electron chi connectivity index (χ1n) is 9.25. The van der Waals surface area contributed by atoms with Gasteiger partial charge in [-0.25, -0.2) is 9.59 Å². The highest BCUT2D eigenvalue weighted by Gasteiger charge is 2.12. The van der Waals surface area contributed by atoms with Crippen LogP contribution in [0.15, 0.2) is 54.7 Å². The molecule has 0 spiro atoms. The standard InChI is InChI=1S/C23H20N2O4/c1-3-28-22(26)12-6-16-5-11-21-20(13-16)18(14-24)15-25(21)19-9-7-17(8-10-19)23(27)29-4-2/h5-13,15H,3-4H2,1-2H3/b12-6+. The van der Waals surface area contributed by atoms with E-state index in [9.17, 15) is 14.9 Å². The molecular formula is C23H20N2O4. The first-order valence-corrected chi connectivity index (χ1v) is 9.25. The number of nitrogens with zero attached hydrogens (tertiary/aromatic N) is 2. The number of aromatic nitrogens is 1. The number of esters is 2. The number of carbonyl (C=O) groups excluding carboxylic acids is 2. The smallest absolute Gasteiger partial charge is 0.338 e. The van der Waals surface area contributed by atoms with Crippen molar-refractivity contribution >= 4 is 28.9 Å². The van der Waals surface area contributed by atoms with E-state index in [-0.39, 0.29) is 5.97 Å². The maximum Gasteiger partial charge on any atom is 0.338 e. The molecule has 0 N–H and O–H groups in total. The van der Waals surface area contributed by atoms with Crippen LogP contribution in [-0.2, 0) is 14.3 Å². The quantitative estimate of drug-likeness (QED) is 0.466. The molecule has 0 atom stereocenters. The van der Waals surface area contributed by atoms with E-state index in [4.69, 9.17) is 9.47 Å². The maximum atomic E-state index is 11.8. The van der Waals surface area contributed by atoms with Crippen LogP contribution < -0.4 is 0 Å². The van der Waals surface area contributed by atoms with Gasteiger partial charge in [0.05, 0.1) is 29.9 Å². The lowest BCUT2D eigenvalue weighted by Gasteiger charge is -2.07. The van der Waals surface area contributed by atoms with Crippen LogP contribution in [0.4, 0.5) is 0 Å². The van der Waals surface area contributed by atoms with Crippen LogP contribution >= 0.6 is 0 Å². The van der Waals surface area contributed by atoms with Crippen molar-refractivity contribution < 1.29 is 19.1 Å². The van der Waals surface area contributed by atoms with Crippen molar-refractivity contribution in [3.63, 3.8) is 0 Å². The second kappa shape index (κ2) is 8.89. The van der Waals surface area contributed by atoms with Crippen LogP contribution in [0, 0.1) is 11.3 Å². The highest BCUT2D eigenvalue weighted by atomic mass is 16.5. The van der Waals surface area contributed by atoms with Gasteiger partial charge in [0, 0.05) is 23.3 Å². The zero-order valence-electron chi connectivity index (χ0n) is 16.2. The van der Waals surface area contributed by atoms with Crippen molar-refractivity contribution in [1.29, 1.82) is 5.26 Å². The Hall–Kier alpha value is -3.85. The normalized spacial score (nSPS) is 10.8. The molecule has 0 radical (unpaired) electrons. The Kier molecular flexibility index (Phi) is 6.10. The third-order valence-electron chi connectivity index (χ3n) is 4.30. The molecule has 29 heavy (non-hydrogen) atoms. The summed E-state index contributed by atoms with van der Waals surface area (Å²) in [6, 6.07) is 14.8. The van der Waals surface area contributed by atoms with Gasteiger partial charge in [0.25, 0.3) is 0 Å². The van der Waals surface area contributed by atoms with Crippen LogP contribution in [0.25, 0.3) is 22.7 Å². The van der Waals surface area contributed by atoms with Crippen LogP contribution in [0.2, 0.25) is 0 Å². The van der Waals surface area contributed by atoms with Crippen LogP contribution in [-0.4, -0.2) is 29.7 Å². The molecule has 0 saturated heterocycles. The Morgan fingerprint density at radius 3 is 2.45 bits per heavy atom. The monoisotopic (exact) mass is 388 g/mol. The molecule has 0 aliphatic heterocycles. The first kappa shape index (κ1) is 19.9. The topological polar surface area (TPSA) is 81.3 Å². The average Bonchev–Trinajstić information content (AvgIpc) is 3.11. The molecule has 6 nitrogen and oxygen atoms in total. The first-order chi connectivity index (χ1) is 14.1. The zero-order chi connectivity index (χ0) is 20.8. The van der Waals surface area contributed by atoms with Gasteiger partial charge in [0.15, 0.2) is 0 Å². The lowest BCUT2D eigenvalue weighted by atomic mass is 10.1. The molecule has 6 heteroatoms. The SMILES string of the molecule is CCOC(=O)/C=C/c1ccc2c(c1)c(C#N)cn2-c1ccc(C(=O)OCC)cc1. The number of nitriles is 1. The summed E-state index contributed by atoms with van der Waals surface area (Å²) in [7, 11) is 0. The summed E-state index contributed by atoms with van der Waals surface area (Å²) in [6.45, 7) is 4.15. The Bertz CT molecular complexity index is 1120. The van der Waals surface area contributed by atoms with Crippen LogP contribution in [0.1, 0.15) is 35.3 Å². The molecule has 3 rings (SSSR count). The largest absolute Gasteiger partial charge is 0.463 e. The summed E-state index contributed by atoms with van der Waals surface area (Å²) in [4.78, 5) is 23.3. The van der Waals surface area contributed by atoms with Crippen molar-refractivity contribution in [2.24, 2.45) is 0 Å². The molecule has 0 unspecified atom stereocenters. The van der Waals surface area contributed by atoms with E-state index in [2.05, 4.69) is 6.07 Å². The van der Waals surface area contributed by atoms with Crippen molar-refractivity contribution in [3.05, 3.63) is 71.4 Å². The minimum Gasteiger partial charge on any atom is -0.463 e. The molecule has 3 aromatic rings. The molecule has 0 aliphatic rings. The Balaban J connectivity index is 1.97. The van der Waals surface area contributed by atoms with Gasteiger partial charge in [0.2, 0.25) is 0 Å². The van der Waals surface area contributed by atoms with E-state index in [0.717, 1.165) is 22.2 Å². The molecule has 0 bridgehead atoms. The fourth-order valence-corrected chi connectivity index (χ4v) is 2.98. The van der Waals surface area contributed by atoms with Crippen molar-refractivity contribution in [2.45, 2.75) is 13.8 Å². The van der Waals surface area contributed by atoms with E-state index >= 15 is 0 Å². The number of carbonyl (C=O) groups is 2. The van der Waals surface area contributed by atoms with Gasteiger partial charge < -0.3 is 14.0 Å². The number of fused-ring (bicyclic) bond motifs is 1. The van der Waals surface area contributed by atoms with E-state index in [1.54, 1.807) is 50.4 Å². The number of hydrogen-bond acceptors (Lipinski definition) is 5. The van der Waals surface area contributed by atoms with Crippen LogP contribution in [0.3, 0.4) is 0 Å². The Morgan fingerprint density at radius 2 is 1.79 bits per heavy atom. The van der Waals surface area contributed by atoms with E-state index in [1.165, 1.54) is 6.08 Å². The molecule has 2 aromatic carbocycles. The van der Waals surface area contributed by atoms with E-state index in [1.807, 2.05) is 22.8 Å². The summed E-state index contributed by atoms with van der Waals surface area (Å²) >= 11 is 0. The minimum absolute atomic E-state index is 0.318. The third-order valence-corrected chi connectivity index (χ3v) is 4.30. The summed E-state index contributed by atoms with van der Waals surface area (Å²) in [5.74, 6) is -0.778. The molecule has 146 valence electrons. The van der Waals surface area contributed by atoms with Gasteiger partial charge in [-0.15, -0.1) is 0 Å². The van der Waals surface area contributed by atoms with E-state index < -0.39 is 5.97 Å². The second-order valence-electron chi connectivity index (χ2n) is 6.15. The van der Waals surface area contributed by atoms with Gasteiger partial charge in [-0.3, -0.25) is 0 Å². The molecule has 0 aliphatic carbocycles. The molecule has 0 saturated carbocycles. The summed E-state index contributed by atoms with van der Waals surface area (Å²) < 4.78 is 11.8. The predicted molar refractivity (Wildman–Crippen MR) is 110 cm³/mol. The highest BCUT2D eigenvalue weighted by Crippen LogP contribution is 2.26. The Morgan fingerprint density at radius 1 is 1.07 bits per heavy atom. The highest BCUT2D eigenvalue weighted by molar-refractivity contribution is 5.92. The van der Waals surface area contributed by atoms with Gasteiger partial charge >= 0.3 is 11.9 Å². The number of rotatable bonds is 6. The molecule has 1 heterocycles. The summed E-state index contributed by atoms with van der Waals surface area (Å²) in [5, 5.41) is 10.3. The van der Waals surface area contributed by atoms with Crippen LogP contribution in [0.5, 0.6) is 0 Å². The van der Waals surface area contributed by atoms with Gasteiger partial charge in [0.1, 0.15) is 6.07 Å².